The summed E-state index contributed by atoms with van der Waals surface area (Å²) in [5, 5.41) is 0. The topological polar surface area (TPSA) is 27.7 Å². The van der Waals surface area contributed by atoms with Crippen LogP contribution in [-0.4, -0.2) is 19.3 Å². The summed E-state index contributed by atoms with van der Waals surface area (Å²) in [7, 11) is 0. The third-order valence-electron chi connectivity index (χ3n) is 7.43. The molecule has 0 spiro atoms. The third kappa shape index (κ3) is 7.89. The third-order valence-corrected chi connectivity index (χ3v) is 7.43. The van der Waals surface area contributed by atoms with Crippen molar-refractivity contribution in [1.29, 1.82) is 0 Å². The van der Waals surface area contributed by atoms with Gasteiger partial charge in [-0.2, -0.15) is 22.0 Å². The number of hydrogen-bond acceptors (Lipinski definition) is 3. The van der Waals surface area contributed by atoms with Crippen LogP contribution in [0, 0.1) is 11.7 Å². The SMILES string of the molecule is CCCC1CCC(c2ccc(-c3ccc(OC(F)(F)COc4ccc(OCC)c(F)c4C(F)(F)F)cc3)cc2)CC1. The molecular formula is C32H34F6O3. The monoisotopic (exact) mass is 580 g/mol. The van der Waals surface area contributed by atoms with Gasteiger partial charge in [-0.3, -0.25) is 0 Å². The second-order valence-corrected chi connectivity index (χ2v) is 10.4. The van der Waals surface area contributed by atoms with Crippen molar-refractivity contribution < 1.29 is 40.6 Å². The molecule has 0 heterocycles. The van der Waals surface area contributed by atoms with Crippen LogP contribution in [0.15, 0.2) is 60.7 Å². The molecule has 41 heavy (non-hydrogen) atoms. The molecule has 222 valence electrons. The zero-order valence-corrected chi connectivity index (χ0v) is 23.1. The van der Waals surface area contributed by atoms with Crippen molar-refractivity contribution in [2.45, 2.75) is 70.6 Å². The summed E-state index contributed by atoms with van der Waals surface area (Å²) in [4.78, 5) is 0. The summed E-state index contributed by atoms with van der Waals surface area (Å²) >= 11 is 0. The summed E-state index contributed by atoms with van der Waals surface area (Å²) in [5.41, 5.74) is 1.21. The quantitative estimate of drug-likeness (QED) is 0.211. The van der Waals surface area contributed by atoms with Crippen LogP contribution in [0.4, 0.5) is 26.3 Å². The molecule has 0 radical (unpaired) electrons. The fourth-order valence-corrected chi connectivity index (χ4v) is 5.41. The Bertz CT molecular complexity index is 1260. The van der Waals surface area contributed by atoms with Gasteiger partial charge in [0.25, 0.3) is 0 Å². The first-order valence-electron chi connectivity index (χ1n) is 13.9. The van der Waals surface area contributed by atoms with Gasteiger partial charge in [-0.05, 0) is 85.4 Å². The Kier molecular flexibility index (Phi) is 9.76. The van der Waals surface area contributed by atoms with Gasteiger partial charge in [-0.15, -0.1) is 0 Å². The molecule has 1 aliphatic carbocycles. The van der Waals surface area contributed by atoms with Crippen LogP contribution in [0.2, 0.25) is 0 Å². The molecule has 0 aromatic heterocycles. The average Bonchev–Trinajstić information content (AvgIpc) is 2.94. The first-order valence-corrected chi connectivity index (χ1v) is 13.9. The summed E-state index contributed by atoms with van der Waals surface area (Å²) in [6.07, 6.45) is -1.74. The standard InChI is InChI=1S/C32H34F6O3/c1-3-5-21-6-8-22(9-7-21)23-10-12-24(13-11-23)25-14-16-26(17-15-25)41-31(34,35)20-40-27-18-19-28(39-4-2)30(33)29(27)32(36,37)38/h10-19,21-22H,3-9,20H2,1-2H3. The number of halogens is 6. The van der Waals surface area contributed by atoms with Crippen molar-refractivity contribution in [3.8, 4) is 28.4 Å². The Morgan fingerprint density at radius 2 is 1.32 bits per heavy atom. The fourth-order valence-electron chi connectivity index (χ4n) is 5.41. The molecule has 0 unspecified atom stereocenters. The molecule has 9 heteroatoms. The van der Waals surface area contributed by atoms with Gasteiger partial charge in [0.1, 0.15) is 17.1 Å². The Balaban J connectivity index is 1.37. The molecule has 0 bridgehead atoms. The Hall–Kier alpha value is -3.36. The van der Waals surface area contributed by atoms with E-state index in [2.05, 4.69) is 19.1 Å². The van der Waals surface area contributed by atoms with Gasteiger partial charge in [0, 0.05) is 0 Å². The lowest BCUT2D eigenvalue weighted by atomic mass is 9.77. The number of alkyl halides is 5. The predicted octanol–water partition coefficient (Wildman–Crippen LogP) is 10.0. The number of rotatable bonds is 11. The van der Waals surface area contributed by atoms with E-state index in [1.807, 2.05) is 12.1 Å². The van der Waals surface area contributed by atoms with Gasteiger partial charge in [-0.25, -0.2) is 4.39 Å². The zero-order chi connectivity index (χ0) is 29.6. The van der Waals surface area contributed by atoms with Gasteiger partial charge in [-0.1, -0.05) is 56.2 Å². The highest BCUT2D eigenvalue weighted by atomic mass is 19.4. The van der Waals surface area contributed by atoms with Crippen LogP contribution in [0.5, 0.6) is 17.2 Å². The van der Waals surface area contributed by atoms with E-state index in [9.17, 15) is 26.3 Å². The van der Waals surface area contributed by atoms with Crippen molar-refractivity contribution >= 4 is 0 Å². The molecule has 0 N–H and O–H groups in total. The highest BCUT2D eigenvalue weighted by Gasteiger charge is 2.41. The minimum Gasteiger partial charge on any atom is -0.491 e. The number of hydrogen-bond donors (Lipinski definition) is 0. The van der Waals surface area contributed by atoms with E-state index >= 15 is 0 Å². The first-order chi connectivity index (χ1) is 19.5. The van der Waals surface area contributed by atoms with Crippen molar-refractivity contribution in [2.75, 3.05) is 13.2 Å². The number of ether oxygens (including phenoxy) is 3. The summed E-state index contributed by atoms with van der Waals surface area (Å²) < 4.78 is 97.9. The van der Waals surface area contributed by atoms with Gasteiger partial charge >= 0.3 is 12.3 Å². The minimum atomic E-state index is -5.19. The Morgan fingerprint density at radius 3 is 1.88 bits per heavy atom. The van der Waals surface area contributed by atoms with Crippen molar-refractivity contribution in [1.82, 2.24) is 0 Å². The van der Waals surface area contributed by atoms with Crippen molar-refractivity contribution in [3.63, 3.8) is 0 Å². The van der Waals surface area contributed by atoms with E-state index < -0.39 is 41.8 Å². The first kappa shape index (κ1) is 30.6. The molecule has 1 fully saturated rings. The molecule has 4 rings (SSSR count). The van der Waals surface area contributed by atoms with Gasteiger partial charge in [0.15, 0.2) is 18.2 Å². The lowest BCUT2D eigenvalue weighted by Gasteiger charge is -2.28. The molecule has 3 aromatic carbocycles. The van der Waals surface area contributed by atoms with Crippen LogP contribution in [-0.2, 0) is 6.18 Å². The van der Waals surface area contributed by atoms with Crippen LogP contribution in [0.1, 0.15) is 69.4 Å². The van der Waals surface area contributed by atoms with E-state index in [1.54, 1.807) is 12.1 Å². The molecule has 1 saturated carbocycles. The average molecular weight is 581 g/mol. The lowest BCUT2D eigenvalue weighted by Crippen LogP contribution is -2.33. The maximum Gasteiger partial charge on any atom is 0.432 e. The summed E-state index contributed by atoms with van der Waals surface area (Å²) in [5.74, 6) is -2.28. The minimum absolute atomic E-state index is 0.0789. The van der Waals surface area contributed by atoms with Gasteiger partial charge in [0.2, 0.25) is 0 Å². The fraction of sp³-hybridized carbons (Fsp3) is 0.438. The van der Waals surface area contributed by atoms with E-state index in [0.717, 1.165) is 29.2 Å². The molecule has 3 nitrogen and oxygen atoms in total. The second-order valence-electron chi connectivity index (χ2n) is 10.4. The van der Waals surface area contributed by atoms with E-state index in [0.29, 0.717) is 5.92 Å². The summed E-state index contributed by atoms with van der Waals surface area (Å²) in [6.45, 7) is 2.06. The maximum atomic E-state index is 14.5. The van der Waals surface area contributed by atoms with Crippen LogP contribution < -0.4 is 14.2 Å². The Morgan fingerprint density at radius 1 is 0.732 bits per heavy atom. The number of benzene rings is 3. The predicted molar refractivity (Wildman–Crippen MR) is 145 cm³/mol. The molecule has 0 saturated heterocycles. The van der Waals surface area contributed by atoms with Crippen molar-refractivity contribution in [3.05, 3.63) is 77.6 Å². The van der Waals surface area contributed by atoms with Crippen LogP contribution in [0.25, 0.3) is 11.1 Å². The van der Waals surface area contributed by atoms with Crippen LogP contribution in [0.3, 0.4) is 0 Å². The maximum absolute atomic E-state index is 14.5. The molecule has 0 amide bonds. The van der Waals surface area contributed by atoms with Crippen LogP contribution >= 0.6 is 0 Å². The summed E-state index contributed by atoms with van der Waals surface area (Å²) in [6, 6.07) is 15.9. The van der Waals surface area contributed by atoms with Crippen molar-refractivity contribution in [2.24, 2.45) is 5.92 Å². The normalized spacial score (nSPS) is 17.8. The Labute approximate surface area is 236 Å². The second kappa shape index (κ2) is 13.1. The lowest BCUT2D eigenvalue weighted by molar-refractivity contribution is -0.197. The van der Waals surface area contributed by atoms with Gasteiger partial charge in [0.05, 0.1) is 6.61 Å². The molecular weight excluding hydrogens is 546 g/mol. The molecule has 0 atom stereocenters. The molecule has 3 aromatic rings. The molecule has 1 aliphatic rings. The van der Waals surface area contributed by atoms with E-state index in [4.69, 9.17) is 14.2 Å². The highest BCUT2D eigenvalue weighted by Crippen LogP contribution is 2.42. The van der Waals surface area contributed by atoms with E-state index in [-0.39, 0.29) is 12.4 Å². The molecule has 0 aliphatic heterocycles. The zero-order valence-electron chi connectivity index (χ0n) is 23.1. The highest BCUT2D eigenvalue weighted by molar-refractivity contribution is 5.64. The largest absolute Gasteiger partial charge is 0.491 e. The van der Waals surface area contributed by atoms with E-state index in [1.165, 1.54) is 63.1 Å². The van der Waals surface area contributed by atoms with Gasteiger partial charge < -0.3 is 14.2 Å². The smallest absolute Gasteiger partial charge is 0.432 e.